The molecule has 2 aromatic rings. The molecule has 2 aromatic carbocycles. The van der Waals surface area contributed by atoms with Gasteiger partial charge in [0.15, 0.2) is 0 Å². The van der Waals surface area contributed by atoms with Crippen molar-refractivity contribution in [2.24, 2.45) is 5.73 Å². The monoisotopic (exact) mass is 357 g/mol. The SMILES string of the molecule is COc1ccc(CC(N)c2ccc(Cl)c(F)c2)cc1Br. The standard InChI is InChI=1S/C15H14BrClFNO/c1-20-15-5-2-9(6-11(15)16)7-14(19)10-3-4-12(17)13(18)8-10/h2-6,8,14H,7,19H2,1H3. The predicted molar refractivity (Wildman–Crippen MR) is 82.7 cm³/mol. The van der Waals surface area contributed by atoms with Crippen LogP contribution >= 0.6 is 27.5 Å². The van der Waals surface area contributed by atoms with Crippen molar-refractivity contribution in [2.75, 3.05) is 7.11 Å². The van der Waals surface area contributed by atoms with Crippen LogP contribution in [0.4, 0.5) is 4.39 Å². The maximum Gasteiger partial charge on any atom is 0.142 e. The van der Waals surface area contributed by atoms with Crippen LogP contribution in [0.1, 0.15) is 17.2 Å². The van der Waals surface area contributed by atoms with Crippen molar-refractivity contribution in [3.63, 3.8) is 0 Å². The van der Waals surface area contributed by atoms with E-state index in [2.05, 4.69) is 15.9 Å². The molecule has 0 radical (unpaired) electrons. The van der Waals surface area contributed by atoms with Crippen LogP contribution in [0, 0.1) is 5.82 Å². The molecule has 106 valence electrons. The normalized spacial score (nSPS) is 12.2. The third-order valence-corrected chi connectivity index (χ3v) is 3.97. The third-order valence-electron chi connectivity index (χ3n) is 3.04. The Bertz CT molecular complexity index is 621. The van der Waals surface area contributed by atoms with E-state index < -0.39 is 5.82 Å². The number of rotatable bonds is 4. The second-order valence-corrected chi connectivity index (χ2v) is 5.71. The number of ether oxygens (including phenoxy) is 1. The number of halogens is 3. The molecular formula is C15H14BrClFNO. The number of methoxy groups -OCH3 is 1. The third kappa shape index (κ3) is 3.51. The van der Waals surface area contributed by atoms with Crippen LogP contribution in [0.2, 0.25) is 5.02 Å². The summed E-state index contributed by atoms with van der Waals surface area (Å²) in [5, 5.41) is 0.105. The molecule has 5 heteroatoms. The van der Waals surface area contributed by atoms with Crippen molar-refractivity contribution >= 4 is 27.5 Å². The number of hydrogen-bond donors (Lipinski definition) is 1. The van der Waals surface area contributed by atoms with Gasteiger partial charge >= 0.3 is 0 Å². The summed E-state index contributed by atoms with van der Waals surface area (Å²) in [6.45, 7) is 0. The molecule has 2 nitrogen and oxygen atoms in total. The molecule has 0 spiro atoms. The molecule has 0 saturated heterocycles. The summed E-state index contributed by atoms with van der Waals surface area (Å²) in [6.07, 6.45) is 0.601. The van der Waals surface area contributed by atoms with Crippen molar-refractivity contribution in [1.29, 1.82) is 0 Å². The van der Waals surface area contributed by atoms with Crippen molar-refractivity contribution in [3.05, 3.63) is 62.8 Å². The van der Waals surface area contributed by atoms with Gasteiger partial charge in [0.05, 0.1) is 16.6 Å². The Morgan fingerprint density at radius 3 is 2.65 bits per heavy atom. The summed E-state index contributed by atoms with van der Waals surface area (Å²) in [4.78, 5) is 0. The Labute approximate surface area is 130 Å². The van der Waals surface area contributed by atoms with Crippen molar-refractivity contribution in [2.45, 2.75) is 12.5 Å². The minimum atomic E-state index is -0.449. The summed E-state index contributed by atoms with van der Waals surface area (Å²) in [5.41, 5.74) is 7.87. The van der Waals surface area contributed by atoms with E-state index in [4.69, 9.17) is 22.1 Å². The van der Waals surface area contributed by atoms with Crippen LogP contribution < -0.4 is 10.5 Å². The highest BCUT2D eigenvalue weighted by Crippen LogP contribution is 2.28. The van der Waals surface area contributed by atoms with Gasteiger partial charge < -0.3 is 10.5 Å². The van der Waals surface area contributed by atoms with E-state index in [0.29, 0.717) is 6.42 Å². The van der Waals surface area contributed by atoms with Crippen LogP contribution in [0.15, 0.2) is 40.9 Å². The first kappa shape index (κ1) is 15.3. The van der Waals surface area contributed by atoms with Crippen LogP contribution in [0.5, 0.6) is 5.75 Å². The lowest BCUT2D eigenvalue weighted by atomic mass is 9.99. The molecule has 0 saturated carbocycles. The fourth-order valence-corrected chi connectivity index (χ4v) is 2.66. The Morgan fingerprint density at radius 1 is 1.30 bits per heavy atom. The molecule has 0 aliphatic carbocycles. The lowest BCUT2D eigenvalue weighted by molar-refractivity contribution is 0.412. The fraction of sp³-hybridized carbons (Fsp3) is 0.200. The second kappa shape index (κ2) is 6.57. The lowest BCUT2D eigenvalue weighted by Crippen LogP contribution is -2.13. The number of hydrogen-bond acceptors (Lipinski definition) is 2. The molecule has 20 heavy (non-hydrogen) atoms. The van der Waals surface area contributed by atoms with Crippen molar-refractivity contribution in [3.8, 4) is 5.75 Å². The Morgan fingerprint density at radius 2 is 2.05 bits per heavy atom. The molecule has 0 amide bonds. The summed E-state index contributed by atoms with van der Waals surface area (Å²) < 4.78 is 19.5. The smallest absolute Gasteiger partial charge is 0.142 e. The fourth-order valence-electron chi connectivity index (χ4n) is 1.95. The zero-order valence-electron chi connectivity index (χ0n) is 10.9. The van der Waals surface area contributed by atoms with Crippen molar-refractivity contribution in [1.82, 2.24) is 0 Å². The van der Waals surface area contributed by atoms with Crippen LogP contribution in [-0.4, -0.2) is 7.11 Å². The molecule has 0 aliphatic heterocycles. The van der Waals surface area contributed by atoms with Crippen molar-refractivity contribution < 1.29 is 9.13 Å². The number of benzene rings is 2. The summed E-state index contributed by atoms with van der Waals surface area (Å²) in [5.74, 6) is 0.315. The minimum Gasteiger partial charge on any atom is -0.496 e. The van der Waals surface area contributed by atoms with Gasteiger partial charge in [-0.3, -0.25) is 0 Å². The van der Waals surface area contributed by atoms with Crippen LogP contribution in [0.3, 0.4) is 0 Å². The molecule has 0 heterocycles. The first-order valence-electron chi connectivity index (χ1n) is 6.04. The van der Waals surface area contributed by atoms with E-state index in [1.54, 1.807) is 13.2 Å². The molecule has 2 rings (SSSR count). The Kier molecular flexibility index (Phi) is 5.02. The molecular weight excluding hydrogens is 345 g/mol. The Balaban J connectivity index is 2.16. The first-order chi connectivity index (χ1) is 9.51. The average Bonchev–Trinajstić information content (AvgIpc) is 2.42. The Hall–Kier alpha value is -1.10. The molecule has 0 aromatic heterocycles. The van der Waals surface area contributed by atoms with Gasteiger partial charge in [-0.05, 0) is 57.7 Å². The predicted octanol–water partition coefficient (Wildman–Crippen LogP) is 4.49. The molecule has 0 aliphatic rings. The quantitative estimate of drug-likeness (QED) is 0.874. The van der Waals surface area contributed by atoms with Crippen LogP contribution in [0.25, 0.3) is 0 Å². The van der Waals surface area contributed by atoms with E-state index in [0.717, 1.165) is 21.3 Å². The summed E-state index contributed by atoms with van der Waals surface area (Å²) in [7, 11) is 1.61. The molecule has 0 bridgehead atoms. The summed E-state index contributed by atoms with van der Waals surface area (Å²) >= 11 is 9.10. The maximum absolute atomic E-state index is 13.4. The molecule has 1 unspecified atom stereocenters. The van der Waals surface area contributed by atoms with Gasteiger partial charge in [0, 0.05) is 6.04 Å². The second-order valence-electron chi connectivity index (χ2n) is 4.45. The van der Waals surface area contributed by atoms with E-state index in [1.807, 2.05) is 18.2 Å². The van der Waals surface area contributed by atoms with Crippen LogP contribution in [-0.2, 0) is 6.42 Å². The van der Waals surface area contributed by atoms with E-state index >= 15 is 0 Å². The highest BCUT2D eigenvalue weighted by Gasteiger charge is 2.11. The molecule has 0 fully saturated rings. The van der Waals surface area contributed by atoms with E-state index in [-0.39, 0.29) is 11.1 Å². The summed E-state index contributed by atoms with van der Waals surface area (Å²) in [6, 6.07) is 10.1. The van der Waals surface area contributed by atoms with E-state index in [9.17, 15) is 4.39 Å². The van der Waals surface area contributed by atoms with Gasteiger partial charge in [-0.15, -0.1) is 0 Å². The zero-order chi connectivity index (χ0) is 14.7. The topological polar surface area (TPSA) is 35.2 Å². The lowest BCUT2D eigenvalue weighted by Gasteiger charge is -2.13. The molecule has 2 N–H and O–H groups in total. The largest absolute Gasteiger partial charge is 0.496 e. The number of nitrogens with two attached hydrogens (primary N) is 1. The highest BCUT2D eigenvalue weighted by atomic mass is 79.9. The van der Waals surface area contributed by atoms with Gasteiger partial charge in [-0.25, -0.2) is 4.39 Å². The molecule has 1 atom stereocenters. The van der Waals surface area contributed by atoms with Gasteiger partial charge in [-0.1, -0.05) is 23.7 Å². The van der Waals surface area contributed by atoms with Gasteiger partial charge in [-0.2, -0.15) is 0 Å². The average molecular weight is 359 g/mol. The van der Waals surface area contributed by atoms with Gasteiger partial charge in [0.25, 0.3) is 0 Å². The van der Waals surface area contributed by atoms with E-state index in [1.165, 1.54) is 12.1 Å². The van der Waals surface area contributed by atoms with Gasteiger partial charge in [0.1, 0.15) is 11.6 Å². The minimum absolute atomic E-state index is 0.105. The first-order valence-corrected chi connectivity index (χ1v) is 7.21. The maximum atomic E-state index is 13.4. The van der Waals surface area contributed by atoms with Gasteiger partial charge in [0.2, 0.25) is 0 Å². The zero-order valence-corrected chi connectivity index (χ0v) is 13.2. The highest BCUT2D eigenvalue weighted by molar-refractivity contribution is 9.10.